The lowest BCUT2D eigenvalue weighted by Gasteiger charge is -2.23. The van der Waals surface area contributed by atoms with E-state index >= 15 is 0 Å². The Morgan fingerprint density at radius 1 is 1.17 bits per heavy atom. The van der Waals surface area contributed by atoms with E-state index in [2.05, 4.69) is 19.2 Å². The molecule has 1 rings (SSSR count). The first-order chi connectivity index (χ1) is 5.29. The van der Waals surface area contributed by atoms with Gasteiger partial charge in [-0.3, -0.25) is 0 Å². The van der Waals surface area contributed by atoms with Gasteiger partial charge in [-0.25, -0.2) is 0 Å². The van der Waals surface area contributed by atoms with Crippen molar-refractivity contribution in [2.24, 2.45) is 5.92 Å². The average molecular weight is 192 g/mol. The zero-order chi connectivity index (χ0) is 8.10. The number of hydrogen-bond acceptors (Lipinski definition) is 1. The van der Waals surface area contributed by atoms with Crippen molar-refractivity contribution in [1.82, 2.24) is 5.32 Å². The molecule has 1 fully saturated rings. The van der Waals surface area contributed by atoms with Crippen molar-refractivity contribution in [2.75, 3.05) is 6.54 Å². The van der Waals surface area contributed by atoms with Crippen LogP contribution in [0.4, 0.5) is 0 Å². The van der Waals surface area contributed by atoms with Gasteiger partial charge in [0.05, 0.1) is 0 Å². The monoisotopic (exact) mass is 191 g/mol. The number of halogens is 1. The van der Waals surface area contributed by atoms with Crippen molar-refractivity contribution in [3.63, 3.8) is 0 Å². The lowest BCUT2D eigenvalue weighted by molar-refractivity contribution is 0.358. The summed E-state index contributed by atoms with van der Waals surface area (Å²) in [4.78, 5) is 0. The fourth-order valence-corrected chi connectivity index (χ4v) is 1.71. The summed E-state index contributed by atoms with van der Waals surface area (Å²) in [5.41, 5.74) is 0. The number of nitrogens with one attached hydrogen (secondary N) is 1. The zero-order valence-corrected chi connectivity index (χ0v) is 9.12. The van der Waals surface area contributed by atoms with Crippen LogP contribution in [0.25, 0.3) is 0 Å². The normalized spacial score (nSPS) is 19.2. The van der Waals surface area contributed by atoms with Crippen molar-refractivity contribution in [1.29, 1.82) is 0 Å². The molecule has 1 N–H and O–H groups in total. The van der Waals surface area contributed by atoms with E-state index in [1.165, 1.54) is 38.6 Å². The summed E-state index contributed by atoms with van der Waals surface area (Å²) in [6.45, 7) is 5.75. The molecule has 0 aromatic rings. The highest BCUT2D eigenvalue weighted by molar-refractivity contribution is 5.85. The minimum absolute atomic E-state index is 0. The van der Waals surface area contributed by atoms with Crippen molar-refractivity contribution in [2.45, 2.75) is 52.0 Å². The topological polar surface area (TPSA) is 12.0 Å². The number of rotatable bonds is 3. The van der Waals surface area contributed by atoms with Gasteiger partial charge in [0.15, 0.2) is 0 Å². The molecule has 0 aliphatic heterocycles. The Hall–Kier alpha value is 0.250. The van der Waals surface area contributed by atoms with Crippen LogP contribution in [0.2, 0.25) is 0 Å². The Kier molecular flexibility index (Phi) is 6.87. The van der Waals surface area contributed by atoms with E-state index < -0.39 is 0 Å². The highest BCUT2D eigenvalue weighted by atomic mass is 35.5. The van der Waals surface area contributed by atoms with E-state index in [0.29, 0.717) is 0 Å². The highest BCUT2D eigenvalue weighted by Gasteiger charge is 2.12. The Morgan fingerprint density at radius 2 is 1.75 bits per heavy atom. The molecule has 0 amide bonds. The van der Waals surface area contributed by atoms with Gasteiger partial charge in [0.25, 0.3) is 0 Å². The molecule has 0 aromatic heterocycles. The summed E-state index contributed by atoms with van der Waals surface area (Å²) in [7, 11) is 0. The van der Waals surface area contributed by atoms with Crippen LogP contribution in [-0.2, 0) is 0 Å². The molecule has 2 heteroatoms. The van der Waals surface area contributed by atoms with Crippen molar-refractivity contribution >= 4 is 12.4 Å². The smallest absolute Gasteiger partial charge is 0.00671 e. The van der Waals surface area contributed by atoms with Crippen LogP contribution in [0.5, 0.6) is 0 Å². The van der Waals surface area contributed by atoms with Crippen molar-refractivity contribution in [3.8, 4) is 0 Å². The molecule has 0 bridgehead atoms. The van der Waals surface area contributed by atoms with Gasteiger partial charge in [0.1, 0.15) is 0 Å². The second-order valence-electron chi connectivity index (χ2n) is 4.14. The summed E-state index contributed by atoms with van der Waals surface area (Å²) in [5.74, 6) is 0.803. The molecule has 1 aliphatic rings. The molecule has 0 heterocycles. The van der Waals surface area contributed by atoms with Crippen LogP contribution >= 0.6 is 12.4 Å². The van der Waals surface area contributed by atoms with E-state index in [1.807, 2.05) is 0 Å². The zero-order valence-electron chi connectivity index (χ0n) is 8.31. The third kappa shape index (κ3) is 5.00. The maximum absolute atomic E-state index is 3.62. The second-order valence-corrected chi connectivity index (χ2v) is 4.14. The minimum atomic E-state index is 0. The highest BCUT2D eigenvalue weighted by Crippen LogP contribution is 2.17. The predicted molar refractivity (Wildman–Crippen MR) is 57.0 cm³/mol. The van der Waals surface area contributed by atoms with Crippen LogP contribution in [-0.4, -0.2) is 12.6 Å². The van der Waals surface area contributed by atoms with E-state index in [0.717, 1.165) is 12.0 Å². The third-order valence-corrected chi connectivity index (χ3v) is 2.42. The molecule has 0 atom stereocenters. The lowest BCUT2D eigenvalue weighted by Crippen LogP contribution is -2.33. The summed E-state index contributed by atoms with van der Waals surface area (Å²) in [6, 6.07) is 0.839. The van der Waals surface area contributed by atoms with Gasteiger partial charge in [-0.15, -0.1) is 12.4 Å². The molecular weight excluding hydrogens is 170 g/mol. The minimum Gasteiger partial charge on any atom is -0.314 e. The maximum Gasteiger partial charge on any atom is 0.00671 e. The fraction of sp³-hybridized carbons (Fsp3) is 1.00. The van der Waals surface area contributed by atoms with Crippen molar-refractivity contribution < 1.29 is 0 Å². The van der Waals surface area contributed by atoms with Crippen LogP contribution in [0.1, 0.15) is 46.0 Å². The summed E-state index contributed by atoms with van der Waals surface area (Å²) in [5, 5.41) is 3.62. The average Bonchev–Trinajstić information content (AvgIpc) is 2.03. The Labute approximate surface area is 82.7 Å². The van der Waals surface area contributed by atoms with Crippen molar-refractivity contribution in [3.05, 3.63) is 0 Å². The SMILES string of the molecule is CC(C)CNC1CCCCC1.Cl. The first kappa shape index (κ1) is 12.2. The summed E-state index contributed by atoms with van der Waals surface area (Å²) >= 11 is 0. The predicted octanol–water partition coefficient (Wildman–Crippen LogP) is 2.99. The summed E-state index contributed by atoms with van der Waals surface area (Å²) in [6.07, 6.45) is 7.16. The standard InChI is InChI=1S/C10H21N.ClH/c1-9(2)8-11-10-6-4-3-5-7-10;/h9-11H,3-8H2,1-2H3;1H. The molecule has 1 saturated carbocycles. The Morgan fingerprint density at radius 3 is 2.25 bits per heavy atom. The fourth-order valence-electron chi connectivity index (χ4n) is 1.71. The molecule has 0 unspecified atom stereocenters. The van der Waals surface area contributed by atoms with E-state index in [9.17, 15) is 0 Å². The molecule has 0 radical (unpaired) electrons. The maximum atomic E-state index is 3.62. The van der Waals surface area contributed by atoms with Gasteiger partial charge in [-0.05, 0) is 25.3 Å². The molecule has 1 nitrogen and oxygen atoms in total. The third-order valence-electron chi connectivity index (χ3n) is 2.42. The molecule has 0 spiro atoms. The molecule has 0 saturated heterocycles. The molecule has 12 heavy (non-hydrogen) atoms. The summed E-state index contributed by atoms with van der Waals surface area (Å²) < 4.78 is 0. The van der Waals surface area contributed by atoms with Gasteiger partial charge in [-0.1, -0.05) is 33.1 Å². The van der Waals surface area contributed by atoms with Gasteiger partial charge < -0.3 is 5.32 Å². The quantitative estimate of drug-likeness (QED) is 0.724. The molecule has 1 aliphatic carbocycles. The van der Waals surface area contributed by atoms with Crippen LogP contribution < -0.4 is 5.32 Å². The molecule has 74 valence electrons. The van der Waals surface area contributed by atoms with Gasteiger partial charge in [0.2, 0.25) is 0 Å². The Bertz CT molecular complexity index is 98.0. The molecule has 0 aromatic carbocycles. The van der Waals surface area contributed by atoms with E-state index in [-0.39, 0.29) is 12.4 Å². The van der Waals surface area contributed by atoms with Crippen LogP contribution in [0.15, 0.2) is 0 Å². The molecular formula is C10H22ClN. The largest absolute Gasteiger partial charge is 0.314 e. The second kappa shape index (κ2) is 6.73. The lowest BCUT2D eigenvalue weighted by atomic mass is 9.95. The first-order valence-electron chi connectivity index (χ1n) is 5.02. The van der Waals surface area contributed by atoms with Gasteiger partial charge in [0, 0.05) is 6.04 Å². The van der Waals surface area contributed by atoms with E-state index in [1.54, 1.807) is 0 Å². The van der Waals surface area contributed by atoms with Gasteiger partial charge >= 0.3 is 0 Å². The number of hydrogen-bond donors (Lipinski definition) is 1. The van der Waals surface area contributed by atoms with Crippen LogP contribution in [0, 0.1) is 5.92 Å². The van der Waals surface area contributed by atoms with Crippen LogP contribution in [0.3, 0.4) is 0 Å². The van der Waals surface area contributed by atoms with E-state index in [4.69, 9.17) is 0 Å². The Balaban J connectivity index is 0.00000121. The van der Waals surface area contributed by atoms with Gasteiger partial charge in [-0.2, -0.15) is 0 Å². The first-order valence-corrected chi connectivity index (χ1v) is 5.02.